The van der Waals surface area contributed by atoms with Gasteiger partial charge in [0, 0.05) is 0 Å². The summed E-state index contributed by atoms with van der Waals surface area (Å²) in [7, 11) is 0. The van der Waals surface area contributed by atoms with Crippen LogP contribution < -0.4 is 0 Å². The van der Waals surface area contributed by atoms with Crippen LogP contribution in [-0.2, 0) is 25.4 Å². The highest BCUT2D eigenvalue weighted by molar-refractivity contribution is 5.42. The lowest BCUT2D eigenvalue weighted by atomic mass is 9.91. The molecule has 2 unspecified atom stereocenters. The van der Waals surface area contributed by atoms with E-state index in [0.29, 0.717) is 6.61 Å². The van der Waals surface area contributed by atoms with Gasteiger partial charge in [0.15, 0.2) is 6.29 Å². The van der Waals surface area contributed by atoms with Crippen molar-refractivity contribution in [2.75, 3.05) is 6.61 Å². The van der Waals surface area contributed by atoms with Crippen molar-refractivity contribution >= 4 is 0 Å². The van der Waals surface area contributed by atoms with Gasteiger partial charge in [0.2, 0.25) is 6.29 Å². The topological polar surface area (TPSA) is 30.9 Å². The average molecular weight is 277 g/mol. The van der Waals surface area contributed by atoms with E-state index in [-0.39, 0.29) is 23.7 Å². The van der Waals surface area contributed by atoms with Gasteiger partial charge in [0.1, 0.15) is 6.61 Å². The van der Waals surface area contributed by atoms with Crippen LogP contribution in [0.4, 0.5) is 0 Å². The predicted molar refractivity (Wildman–Crippen MR) is 75.7 cm³/mol. The molecule has 1 saturated heterocycles. The second kappa shape index (κ2) is 4.53. The Morgan fingerprint density at radius 2 is 1.65 bits per heavy atom. The quantitative estimate of drug-likeness (QED) is 0.831. The monoisotopic (exact) mass is 277 g/mol. The van der Waals surface area contributed by atoms with Crippen LogP contribution in [0.3, 0.4) is 0 Å². The molecule has 1 fully saturated rings. The Labute approximate surface area is 120 Å². The van der Waals surface area contributed by atoms with Gasteiger partial charge in [-0.25, -0.2) is 0 Å². The van der Waals surface area contributed by atoms with E-state index in [1.807, 2.05) is 6.92 Å². The van der Waals surface area contributed by atoms with Gasteiger partial charge in [-0.2, -0.15) is 5.06 Å². The Hall–Kier alpha value is -0.940. The third-order valence-corrected chi connectivity index (χ3v) is 4.29. The van der Waals surface area contributed by atoms with Crippen LogP contribution in [0.1, 0.15) is 45.7 Å². The van der Waals surface area contributed by atoms with Gasteiger partial charge in [-0.1, -0.05) is 24.3 Å². The van der Waals surface area contributed by atoms with E-state index in [1.54, 1.807) is 0 Å². The maximum Gasteiger partial charge on any atom is 0.203 e. The number of benzene rings is 1. The van der Waals surface area contributed by atoms with Crippen molar-refractivity contribution in [3.8, 4) is 0 Å². The number of nitrogens with zero attached hydrogens (tertiary/aromatic N) is 1. The number of hydroxylamine groups is 2. The predicted octanol–water partition coefficient (Wildman–Crippen LogP) is 3.12. The molecular formula is C16H23NO3. The van der Waals surface area contributed by atoms with E-state index in [2.05, 4.69) is 57.0 Å². The summed E-state index contributed by atoms with van der Waals surface area (Å²) in [6, 6.07) is 8.51. The normalized spacial score (nSPS) is 31.4. The third kappa shape index (κ3) is 1.99. The van der Waals surface area contributed by atoms with Gasteiger partial charge >= 0.3 is 0 Å². The van der Waals surface area contributed by atoms with Gasteiger partial charge in [-0.05, 0) is 45.7 Å². The summed E-state index contributed by atoms with van der Waals surface area (Å²) in [5, 5.41) is 2.05. The SMILES string of the molecule is CC1OCC(ON2C(C)(C)c3ccccc3C2(C)C)O1. The second-order valence-corrected chi connectivity index (χ2v) is 6.53. The van der Waals surface area contributed by atoms with E-state index in [0.717, 1.165) is 0 Å². The van der Waals surface area contributed by atoms with Crippen LogP contribution in [0.25, 0.3) is 0 Å². The zero-order valence-corrected chi connectivity index (χ0v) is 12.8. The first-order chi connectivity index (χ1) is 9.33. The average Bonchev–Trinajstić information content (AvgIpc) is 2.86. The van der Waals surface area contributed by atoms with Crippen molar-refractivity contribution in [1.29, 1.82) is 0 Å². The molecule has 3 rings (SSSR count). The molecule has 20 heavy (non-hydrogen) atoms. The standard InChI is InChI=1S/C16H23NO3/c1-11-18-10-14(19-11)20-17-15(2,3)12-8-6-7-9-13(12)16(17,4)5/h6-9,11,14H,10H2,1-5H3. The fourth-order valence-corrected chi connectivity index (χ4v) is 3.41. The van der Waals surface area contributed by atoms with Crippen LogP contribution in [0, 0.1) is 0 Å². The summed E-state index contributed by atoms with van der Waals surface area (Å²) < 4.78 is 11.0. The highest BCUT2D eigenvalue weighted by atomic mass is 16.9. The lowest BCUT2D eigenvalue weighted by molar-refractivity contribution is -0.333. The Morgan fingerprint density at radius 1 is 1.10 bits per heavy atom. The van der Waals surface area contributed by atoms with Crippen molar-refractivity contribution in [1.82, 2.24) is 5.06 Å². The Balaban J connectivity index is 1.92. The molecule has 4 nitrogen and oxygen atoms in total. The maximum atomic E-state index is 6.14. The number of rotatable bonds is 2. The summed E-state index contributed by atoms with van der Waals surface area (Å²) in [5.41, 5.74) is 2.21. The fourth-order valence-electron chi connectivity index (χ4n) is 3.41. The molecule has 1 aromatic carbocycles. The fraction of sp³-hybridized carbons (Fsp3) is 0.625. The number of hydrogen-bond acceptors (Lipinski definition) is 4. The second-order valence-electron chi connectivity index (χ2n) is 6.53. The minimum absolute atomic E-state index is 0.198. The molecule has 4 heteroatoms. The Kier molecular flexibility index (Phi) is 3.18. The van der Waals surface area contributed by atoms with Gasteiger partial charge in [-0.3, -0.25) is 4.84 Å². The summed E-state index contributed by atoms with van der Waals surface area (Å²) in [5.74, 6) is 0. The molecule has 2 atom stereocenters. The lowest BCUT2D eigenvalue weighted by Gasteiger charge is -2.40. The van der Waals surface area contributed by atoms with Crippen LogP contribution in [0.5, 0.6) is 0 Å². The summed E-state index contributed by atoms with van der Waals surface area (Å²) in [4.78, 5) is 6.14. The van der Waals surface area contributed by atoms with E-state index in [9.17, 15) is 0 Å². The molecule has 0 spiro atoms. The van der Waals surface area contributed by atoms with Crippen molar-refractivity contribution in [2.45, 2.75) is 58.3 Å². The van der Waals surface area contributed by atoms with Crippen LogP contribution in [0.2, 0.25) is 0 Å². The molecule has 0 bridgehead atoms. The molecule has 2 aliphatic heterocycles. The third-order valence-electron chi connectivity index (χ3n) is 4.29. The van der Waals surface area contributed by atoms with E-state index in [4.69, 9.17) is 14.3 Å². The largest absolute Gasteiger partial charge is 0.347 e. The van der Waals surface area contributed by atoms with Gasteiger partial charge < -0.3 is 9.47 Å². The molecule has 0 N–H and O–H groups in total. The lowest BCUT2D eigenvalue weighted by Crippen LogP contribution is -2.47. The van der Waals surface area contributed by atoms with Crippen LogP contribution in [0.15, 0.2) is 24.3 Å². The molecule has 2 aliphatic rings. The first-order valence-corrected chi connectivity index (χ1v) is 7.17. The smallest absolute Gasteiger partial charge is 0.203 e. The molecule has 0 saturated carbocycles. The number of ether oxygens (including phenoxy) is 2. The van der Waals surface area contributed by atoms with Crippen molar-refractivity contribution in [2.24, 2.45) is 0 Å². The summed E-state index contributed by atoms with van der Waals surface area (Å²) in [6.07, 6.45) is -0.533. The highest BCUT2D eigenvalue weighted by Crippen LogP contribution is 2.49. The van der Waals surface area contributed by atoms with Gasteiger partial charge in [0.25, 0.3) is 0 Å². The summed E-state index contributed by atoms with van der Waals surface area (Å²) in [6.45, 7) is 11.1. The van der Waals surface area contributed by atoms with Crippen molar-refractivity contribution in [3.63, 3.8) is 0 Å². The van der Waals surface area contributed by atoms with Crippen molar-refractivity contribution in [3.05, 3.63) is 35.4 Å². The van der Waals surface area contributed by atoms with Gasteiger partial charge in [-0.15, -0.1) is 0 Å². The van der Waals surface area contributed by atoms with E-state index >= 15 is 0 Å². The molecule has 110 valence electrons. The minimum atomic E-state index is -0.335. The Morgan fingerprint density at radius 3 is 2.10 bits per heavy atom. The van der Waals surface area contributed by atoms with Crippen LogP contribution >= 0.6 is 0 Å². The maximum absolute atomic E-state index is 6.14. The van der Waals surface area contributed by atoms with E-state index < -0.39 is 0 Å². The first kappa shape index (κ1) is 14.0. The zero-order chi connectivity index (χ0) is 14.5. The molecule has 0 aliphatic carbocycles. The number of fused-ring (bicyclic) bond motifs is 1. The first-order valence-electron chi connectivity index (χ1n) is 7.17. The zero-order valence-electron chi connectivity index (χ0n) is 12.8. The van der Waals surface area contributed by atoms with E-state index in [1.165, 1.54) is 11.1 Å². The molecule has 0 radical (unpaired) electrons. The molecule has 0 amide bonds. The Bertz CT molecular complexity index is 477. The number of hydrogen-bond donors (Lipinski definition) is 0. The van der Waals surface area contributed by atoms with Crippen molar-refractivity contribution < 1.29 is 14.3 Å². The molecule has 0 aromatic heterocycles. The minimum Gasteiger partial charge on any atom is -0.347 e. The molecular weight excluding hydrogens is 254 g/mol. The molecule has 2 heterocycles. The summed E-state index contributed by atoms with van der Waals surface area (Å²) >= 11 is 0. The highest BCUT2D eigenvalue weighted by Gasteiger charge is 2.51. The van der Waals surface area contributed by atoms with Gasteiger partial charge in [0.05, 0.1) is 11.1 Å². The molecule has 1 aromatic rings. The van der Waals surface area contributed by atoms with Crippen LogP contribution in [-0.4, -0.2) is 24.3 Å².